The van der Waals surface area contributed by atoms with Crippen LogP contribution >= 0.6 is 37.0 Å². The molecular formula is C72H84N12O23S3. The second kappa shape index (κ2) is 37.7. The number of primary amides is 2. The van der Waals surface area contributed by atoms with Crippen LogP contribution in [0.15, 0.2) is 103 Å². The maximum Gasteiger partial charge on any atom is 0.340 e. The molecule has 12 atom stereocenters. The number of aromatic hydroxyl groups is 4. The van der Waals surface area contributed by atoms with Gasteiger partial charge >= 0.3 is 11.9 Å². The van der Waals surface area contributed by atoms with Crippen LogP contribution in [0.25, 0.3) is 0 Å². The van der Waals surface area contributed by atoms with Crippen molar-refractivity contribution >= 4 is 120 Å². The summed E-state index contributed by atoms with van der Waals surface area (Å²) in [5, 5.41) is 94.5. The van der Waals surface area contributed by atoms with Gasteiger partial charge in [0.2, 0.25) is 65.0 Å². The van der Waals surface area contributed by atoms with Crippen molar-refractivity contribution in [1.29, 1.82) is 0 Å². The van der Waals surface area contributed by atoms with Gasteiger partial charge in [-0.25, -0.2) is 9.59 Å². The molecule has 110 heavy (non-hydrogen) atoms. The molecule has 0 radical (unpaired) electrons. The number of aliphatic hydroxyl groups excluding tert-OH is 2. The van der Waals surface area contributed by atoms with Crippen molar-refractivity contribution in [3.8, 4) is 34.5 Å². The number of aliphatic carboxylic acids is 1. The molecule has 20 N–H and O–H groups in total. The van der Waals surface area contributed by atoms with Gasteiger partial charge in [0, 0.05) is 71.7 Å². The Morgan fingerprint density at radius 3 is 1.52 bits per heavy atom. The first-order valence-electron chi connectivity index (χ1n) is 34.4. The number of aliphatic hydroxyl groups is 2. The summed E-state index contributed by atoms with van der Waals surface area (Å²) in [6.07, 6.45) is -4.64. The molecule has 38 heteroatoms. The summed E-state index contributed by atoms with van der Waals surface area (Å²) < 4.78 is 12.1. The highest BCUT2D eigenvalue weighted by molar-refractivity contribution is 7.98. The Morgan fingerprint density at radius 2 is 1.02 bits per heavy atom. The van der Waals surface area contributed by atoms with Crippen LogP contribution in [0.5, 0.6) is 34.5 Å². The standard InChI is InChI=1S/C72H84N12O23S3/c1-33(85)58(68(101)83-59(34(2)86)69(102)84-23-4-5-53(84)67(100)79-50(30-57(74)92)64(97)78-48(25-35-6-11-38(87)12-7-35)63(96)81-52(32-109)70(103)104)82-65(98)49(26-36-8-13-39(88)14-9-36)77-61(94)46(20-21-56(73)91)75-62(95)47(22-24-110-3)76-66(99)51(31-108)80-60(93)37-10-17-42-45(27-37)72(107-71(42)105)43-18-15-40(89)28-54(43)106-55-29-41(90)16-19-44(55)72/h6-19,27-29,33-34,46-53,58-59,85-90,108-109H,4-5,20-26,30-32H2,1-3H3,(H2,73,91)(H2,74,92)(H,75,95)(H,76,99)(H,77,94)(H,78,97)(H,79,100)(H,80,93)(H,81,96)(H,82,98)(H,83,101)(H,103,104)/t33-,34-,46+,47+,48+,49+,50+,51+,52+,53+,58+,59+/m1/s1. The van der Waals surface area contributed by atoms with Crippen molar-refractivity contribution in [2.24, 2.45) is 11.5 Å². The number of hydrogen-bond donors (Lipinski definition) is 20. The summed E-state index contributed by atoms with van der Waals surface area (Å²) in [5.74, 6) is -16.1. The minimum Gasteiger partial charge on any atom is -0.508 e. The summed E-state index contributed by atoms with van der Waals surface area (Å²) in [6, 6.07) is 6.07. The van der Waals surface area contributed by atoms with E-state index in [1.54, 1.807) is 6.26 Å². The van der Waals surface area contributed by atoms with Crippen molar-refractivity contribution in [2.45, 2.75) is 143 Å². The number of ether oxygens (including phenoxy) is 2. The van der Waals surface area contributed by atoms with E-state index in [2.05, 4.69) is 73.1 Å². The second-order valence-corrected chi connectivity index (χ2v) is 27.9. The molecule has 0 aliphatic carbocycles. The maximum atomic E-state index is 14.6. The van der Waals surface area contributed by atoms with Crippen molar-refractivity contribution in [2.75, 3.05) is 30.1 Å². The molecule has 3 aliphatic heterocycles. The van der Waals surface area contributed by atoms with Crippen molar-refractivity contribution in [1.82, 2.24) is 52.8 Å². The SMILES string of the molecule is CSCC[C@H](NC(=O)[C@H](CS)NC(=O)c1ccc2c(c1)C1(OC2=O)c2ccc(O)cc2Oc2cc(O)ccc21)C(=O)N[C@@H](CCC(N)=O)C(=O)N[C@@H](Cc1ccc(O)cc1)C(=O)N[C@H](C(=O)N[C@H](C(=O)N1CCC[C@H]1C(=O)N[C@@H](CC(N)=O)C(=O)N[C@@H](Cc1ccc(O)cc1)C(=O)N[C@@H](CS)C(=O)O)[C@@H](C)O)[C@@H](C)O. The predicted octanol–water partition coefficient (Wildman–Crippen LogP) is -1.87. The van der Waals surface area contributed by atoms with Crippen LogP contribution in [0, 0.1) is 0 Å². The molecule has 35 nitrogen and oxygen atoms in total. The zero-order valence-electron chi connectivity index (χ0n) is 59.3. The van der Waals surface area contributed by atoms with Gasteiger partial charge in [-0.15, -0.1) is 0 Å². The normalized spacial score (nSPS) is 16.7. The van der Waals surface area contributed by atoms with Crippen LogP contribution in [-0.4, -0.2) is 226 Å². The van der Waals surface area contributed by atoms with Crippen LogP contribution in [0.4, 0.5) is 0 Å². The Bertz CT molecular complexity index is 4290. The summed E-state index contributed by atoms with van der Waals surface area (Å²) in [7, 11) is 0. The minimum absolute atomic E-state index is 0.0539. The van der Waals surface area contributed by atoms with Crippen molar-refractivity contribution in [3.05, 3.63) is 142 Å². The van der Waals surface area contributed by atoms with E-state index in [1.807, 2.05) is 0 Å². The summed E-state index contributed by atoms with van der Waals surface area (Å²) in [4.78, 5) is 194. The van der Waals surface area contributed by atoms with Gasteiger partial charge in [-0.2, -0.15) is 37.0 Å². The molecule has 0 saturated carbocycles. The van der Waals surface area contributed by atoms with E-state index < -0.39 is 187 Å². The van der Waals surface area contributed by atoms with E-state index in [0.717, 1.165) is 18.7 Å². The number of nitrogens with one attached hydrogen (secondary N) is 9. The van der Waals surface area contributed by atoms with Crippen LogP contribution in [0.2, 0.25) is 0 Å². The third kappa shape index (κ3) is 20.9. The number of carbonyl (C=O) groups is 14. The van der Waals surface area contributed by atoms with E-state index in [0.29, 0.717) is 5.56 Å². The number of thioether (sulfide) groups is 1. The molecular weight excluding hydrogens is 1500 g/mol. The number of benzene rings is 5. The van der Waals surface area contributed by atoms with Gasteiger partial charge in [-0.1, -0.05) is 24.3 Å². The number of phenolic OH excluding ortho intramolecular Hbond substituents is 4. The lowest BCUT2D eigenvalue weighted by Crippen LogP contribution is -2.63. The maximum absolute atomic E-state index is 14.6. The molecule has 1 saturated heterocycles. The van der Waals surface area contributed by atoms with Crippen LogP contribution in [0.1, 0.15) is 101 Å². The summed E-state index contributed by atoms with van der Waals surface area (Å²) >= 11 is 9.56. The van der Waals surface area contributed by atoms with Gasteiger partial charge < -0.3 is 109 Å². The first-order valence-corrected chi connectivity index (χ1v) is 37.0. The van der Waals surface area contributed by atoms with Gasteiger partial charge in [0.1, 0.15) is 94.9 Å². The average Bonchev–Trinajstić information content (AvgIpc) is 1.52. The second-order valence-electron chi connectivity index (χ2n) is 26.2. The molecule has 12 amide bonds. The summed E-state index contributed by atoms with van der Waals surface area (Å²) in [6.45, 7) is 1.97. The Kier molecular flexibility index (Phi) is 28.8. The number of carboxylic acids is 1. The minimum atomic E-state index is -2.02. The van der Waals surface area contributed by atoms with Gasteiger partial charge in [-0.3, -0.25) is 57.5 Å². The van der Waals surface area contributed by atoms with Crippen LogP contribution in [-0.2, 0) is 80.7 Å². The van der Waals surface area contributed by atoms with Crippen LogP contribution in [0.3, 0.4) is 0 Å². The Balaban J connectivity index is 0.959. The van der Waals surface area contributed by atoms with E-state index in [9.17, 15) is 103 Å². The fourth-order valence-corrected chi connectivity index (χ4v) is 13.5. The number of nitrogens with zero attached hydrogens (tertiary/aromatic N) is 1. The van der Waals surface area contributed by atoms with E-state index in [-0.39, 0.29) is 117 Å². The van der Waals surface area contributed by atoms with Crippen LogP contribution < -0.4 is 64.1 Å². The lowest BCUT2D eigenvalue weighted by atomic mass is 9.77. The smallest absolute Gasteiger partial charge is 0.340 e. The largest absolute Gasteiger partial charge is 0.508 e. The first kappa shape index (κ1) is 84.3. The fraction of sp³-hybridized carbons (Fsp3) is 0.389. The highest BCUT2D eigenvalue weighted by Gasteiger charge is 2.54. The number of esters is 1. The molecule has 0 bridgehead atoms. The quantitative estimate of drug-likeness (QED) is 0.0154. The average molecular weight is 1580 g/mol. The molecule has 8 rings (SSSR count). The number of rotatable bonds is 36. The zero-order chi connectivity index (χ0) is 80.6. The Labute approximate surface area is 643 Å². The molecule has 0 aromatic heterocycles. The van der Waals surface area contributed by atoms with Gasteiger partial charge in [-0.05, 0) is 129 Å². The molecule has 3 aliphatic rings. The number of carbonyl (C=O) groups excluding carboxylic acids is 13. The highest BCUT2D eigenvalue weighted by Crippen LogP contribution is 2.57. The number of nitrogens with two attached hydrogens (primary N) is 2. The number of amides is 12. The lowest BCUT2D eigenvalue weighted by Gasteiger charge is -2.36. The fourth-order valence-electron chi connectivity index (χ4n) is 12.5. The molecule has 5 aromatic rings. The topological polar surface area (TPSA) is 563 Å². The Morgan fingerprint density at radius 1 is 0.545 bits per heavy atom. The predicted molar refractivity (Wildman–Crippen MR) is 397 cm³/mol. The third-order valence-corrected chi connectivity index (χ3v) is 19.6. The molecule has 5 aromatic carbocycles. The van der Waals surface area contributed by atoms with Crippen molar-refractivity contribution in [3.63, 3.8) is 0 Å². The monoisotopic (exact) mass is 1580 g/mol. The van der Waals surface area contributed by atoms with E-state index in [1.165, 1.54) is 115 Å². The van der Waals surface area contributed by atoms with E-state index in [4.69, 9.17) is 20.9 Å². The molecule has 588 valence electrons. The number of fused-ring (bicyclic) bond motifs is 6. The summed E-state index contributed by atoms with van der Waals surface area (Å²) in [5.41, 5.74) is 10.6. The molecule has 0 unspecified atom stereocenters. The van der Waals surface area contributed by atoms with Gasteiger partial charge in [0.05, 0.1) is 24.2 Å². The van der Waals surface area contributed by atoms with Gasteiger partial charge in [0.25, 0.3) is 5.91 Å². The van der Waals surface area contributed by atoms with Gasteiger partial charge in [0.15, 0.2) is 5.60 Å². The highest BCUT2D eigenvalue weighted by atomic mass is 32.2. The Hall–Kier alpha value is -11.3. The molecule has 3 heterocycles. The molecule has 1 fully saturated rings. The number of hydrogen-bond acceptors (Lipinski definition) is 25. The van der Waals surface area contributed by atoms with Crippen molar-refractivity contribution < 1.29 is 112 Å². The number of phenols is 4. The third-order valence-electron chi connectivity index (χ3n) is 18.2. The zero-order valence-corrected chi connectivity index (χ0v) is 61.9. The van der Waals surface area contributed by atoms with E-state index >= 15 is 0 Å². The first-order chi connectivity index (χ1) is 52.2. The number of carboxylic acid groups (broad SMARTS) is 1. The number of likely N-dealkylation sites (tertiary alicyclic amines) is 1. The lowest BCUT2D eigenvalue weighted by molar-refractivity contribution is -0.145. The number of thiol groups is 2. The molecule has 1 spiro atoms.